The second kappa shape index (κ2) is 8.52. The van der Waals surface area contributed by atoms with Crippen LogP contribution in [0.5, 0.6) is 5.75 Å². The molecule has 0 aromatic heterocycles. The van der Waals surface area contributed by atoms with Crippen molar-refractivity contribution in [3.05, 3.63) is 29.6 Å². The van der Waals surface area contributed by atoms with Crippen LogP contribution in [0.4, 0.5) is 4.39 Å². The topological polar surface area (TPSA) is 49.9 Å². The summed E-state index contributed by atoms with van der Waals surface area (Å²) < 4.78 is 18.6. The standard InChI is InChI=1S/C20H27FN2O3/c1-26-18-8-6-15(14-17(18)21)7-9-19(24)22-10-12-23(13-11-22)20(25)16-4-2-3-5-16/h6,8,14,16H,2-5,7,9-13H2,1H3. The average Bonchev–Trinajstić information content (AvgIpc) is 3.20. The first-order valence-electron chi connectivity index (χ1n) is 9.47. The van der Waals surface area contributed by atoms with Gasteiger partial charge < -0.3 is 14.5 Å². The lowest BCUT2D eigenvalue weighted by atomic mass is 10.1. The highest BCUT2D eigenvalue weighted by molar-refractivity contribution is 5.80. The fraction of sp³-hybridized carbons (Fsp3) is 0.600. The molecule has 1 aromatic rings. The van der Waals surface area contributed by atoms with Crippen LogP contribution in [-0.2, 0) is 16.0 Å². The molecule has 2 amide bonds. The van der Waals surface area contributed by atoms with E-state index in [9.17, 15) is 14.0 Å². The van der Waals surface area contributed by atoms with E-state index in [4.69, 9.17) is 4.74 Å². The Morgan fingerprint density at radius 2 is 1.77 bits per heavy atom. The number of carbonyl (C=O) groups is 2. The molecule has 0 unspecified atom stereocenters. The first-order valence-corrected chi connectivity index (χ1v) is 9.47. The Labute approximate surface area is 154 Å². The van der Waals surface area contributed by atoms with Crippen molar-refractivity contribution in [3.8, 4) is 5.75 Å². The number of halogens is 1. The minimum Gasteiger partial charge on any atom is -0.494 e. The van der Waals surface area contributed by atoms with Gasteiger partial charge in [-0.05, 0) is 37.0 Å². The zero-order chi connectivity index (χ0) is 18.5. The fourth-order valence-corrected chi connectivity index (χ4v) is 3.88. The molecule has 0 N–H and O–H groups in total. The lowest BCUT2D eigenvalue weighted by Crippen LogP contribution is -2.51. The van der Waals surface area contributed by atoms with Gasteiger partial charge in [0.25, 0.3) is 0 Å². The van der Waals surface area contributed by atoms with Crippen LogP contribution in [0.3, 0.4) is 0 Å². The summed E-state index contributed by atoms with van der Waals surface area (Å²) in [5.41, 5.74) is 0.784. The molecular formula is C20H27FN2O3. The Morgan fingerprint density at radius 1 is 1.12 bits per heavy atom. The molecule has 6 heteroatoms. The zero-order valence-corrected chi connectivity index (χ0v) is 15.4. The van der Waals surface area contributed by atoms with Gasteiger partial charge in [-0.2, -0.15) is 0 Å². The van der Waals surface area contributed by atoms with Crippen LogP contribution in [0.15, 0.2) is 18.2 Å². The predicted molar refractivity (Wildman–Crippen MR) is 96.4 cm³/mol. The number of aryl methyl sites for hydroxylation is 1. The van der Waals surface area contributed by atoms with Crippen molar-refractivity contribution >= 4 is 11.8 Å². The van der Waals surface area contributed by atoms with Gasteiger partial charge in [0.15, 0.2) is 11.6 Å². The van der Waals surface area contributed by atoms with Gasteiger partial charge >= 0.3 is 0 Å². The van der Waals surface area contributed by atoms with E-state index >= 15 is 0 Å². The molecule has 0 radical (unpaired) electrons. The Kier molecular flexibility index (Phi) is 6.12. The predicted octanol–water partition coefficient (Wildman–Crippen LogP) is 2.63. The maximum atomic E-state index is 13.7. The maximum Gasteiger partial charge on any atom is 0.225 e. The minimum atomic E-state index is -0.406. The molecule has 142 valence electrons. The SMILES string of the molecule is COc1ccc(CCC(=O)N2CCN(C(=O)C3CCCC3)CC2)cc1F. The Bertz CT molecular complexity index is 650. The molecule has 1 saturated heterocycles. The third kappa shape index (κ3) is 4.34. The van der Waals surface area contributed by atoms with Gasteiger partial charge in [0.2, 0.25) is 11.8 Å². The number of carbonyl (C=O) groups excluding carboxylic acids is 2. The Balaban J connectivity index is 1.45. The number of methoxy groups -OCH3 is 1. The lowest BCUT2D eigenvalue weighted by molar-refractivity contribution is -0.142. The van der Waals surface area contributed by atoms with Crippen LogP contribution < -0.4 is 4.74 Å². The van der Waals surface area contributed by atoms with Crippen LogP contribution in [-0.4, -0.2) is 54.9 Å². The van der Waals surface area contributed by atoms with Crippen molar-refractivity contribution < 1.29 is 18.7 Å². The molecule has 2 aliphatic rings. The summed E-state index contributed by atoms with van der Waals surface area (Å²) in [6, 6.07) is 4.79. The van der Waals surface area contributed by atoms with Crippen molar-refractivity contribution in [2.24, 2.45) is 5.92 Å². The summed E-state index contributed by atoms with van der Waals surface area (Å²) in [4.78, 5) is 28.6. The molecule has 1 aliphatic heterocycles. The van der Waals surface area contributed by atoms with Gasteiger partial charge in [-0.3, -0.25) is 9.59 Å². The maximum absolute atomic E-state index is 13.7. The largest absolute Gasteiger partial charge is 0.494 e. The normalized spacial score (nSPS) is 18.2. The van der Waals surface area contributed by atoms with E-state index in [-0.39, 0.29) is 23.5 Å². The highest BCUT2D eigenvalue weighted by Crippen LogP contribution is 2.27. The van der Waals surface area contributed by atoms with Gasteiger partial charge in [0.05, 0.1) is 7.11 Å². The smallest absolute Gasteiger partial charge is 0.225 e. The van der Waals surface area contributed by atoms with Gasteiger partial charge in [0.1, 0.15) is 0 Å². The molecule has 26 heavy (non-hydrogen) atoms. The van der Waals surface area contributed by atoms with Gasteiger partial charge in [-0.1, -0.05) is 18.9 Å². The molecule has 0 atom stereocenters. The fourth-order valence-electron chi connectivity index (χ4n) is 3.88. The molecule has 3 rings (SSSR count). The molecular weight excluding hydrogens is 335 g/mol. The van der Waals surface area contributed by atoms with Crippen molar-refractivity contribution in [2.45, 2.75) is 38.5 Å². The van der Waals surface area contributed by atoms with Gasteiger partial charge in [-0.25, -0.2) is 4.39 Å². The first-order chi connectivity index (χ1) is 12.6. The number of ether oxygens (including phenoxy) is 1. The van der Waals surface area contributed by atoms with E-state index in [0.717, 1.165) is 31.2 Å². The molecule has 5 nitrogen and oxygen atoms in total. The number of piperazine rings is 1. The number of nitrogens with zero attached hydrogens (tertiary/aromatic N) is 2. The van der Waals surface area contributed by atoms with Crippen molar-refractivity contribution in [1.82, 2.24) is 9.80 Å². The molecule has 1 aliphatic carbocycles. The quantitative estimate of drug-likeness (QED) is 0.809. The summed E-state index contributed by atoms with van der Waals surface area (Å²) in [6.45, 7) is 2.43. The van der Waals surface area contributed by atoms with Crippen LogP contribution in [0.1, 0.15) is 37.7 Å². The molecule has 1 heterocycles. The number of rotatable bonds is 5. The second-order valence-corrected chi connectivity index (χ2v) is 7.16. The summed E-state index contributed by atoms with van der Waals surface area (Å²) in [5, 5.41) is 0. The molecule has 0 bridgehead atoms. The van der Waals surface area contributed by atoms with E-state index in [1.54, 1.807) is 12.1 Å². The Hall–Kier alpha value is -2.11. The summed E-state index contributed by atoms with van der Waals surface area (Å²) in [7, 11) is 1.43. The van der Waals surface area contributed by atoms with E-state index in [1.807, 2.05) is 9.80 Å². The summed E-state index contributed by atoms with van der Waals surface area (Å²) in [6.07, 6.45) is 5.18. The molecule has 1 saturated carbocycles. The minimum absolute atomic E-state index is 0.0641. The second-order valence-electron chi connectivity index (χ2n) is 7.16. The average molecular weight is 362 g/mol. The highest BCUT2D eigenvalue weighted by atomic mass is 19.1. The van der Waals surface area contributed by atoms with Crippen LogP contribution in [0.25, 0.3) is 0 Å². The monoisotopic (exact) mass is 362 g/mol. The number of hydrogen-bond acceptors (Lipinski definition) is 3. The van der Waals surface area contributed by atoms with E-state index < -0.39 is 5.82 Å². The highest BCUT2D eigenvalue weighted by Gasteiger charge is 2.30. The van der Waals surface area contributed by atoms with E-state index in [0.29, 0.717) is 39.0 Å². The number of amides is 2. The number of hydrogen-bond donors (Lipinski definition) is 0. The third-order valence-electron chi connectivity index (χ3n) is 5.49. The van der Waals surface area contributed by atoms with Crippen molar-refractivity contribution in [2.75, 3.05) is 33.3 Å². The summed E-state index contributed by atoms with van der Waals surface area (Å²) in [5.74, 6) is 0.333. The molecule has 1 aromatic carbocycles. The van der Waals surface area contributed by atoms with Gasteiger partial charge in [-0.15, -0.1) is 0 Å². The van der Waals surface area contributed by atoms with Crippen LogP contribution >= 0.6 is 0 Å². The Morgan fingerprint density at radius 3 is 2.38 bits per heavy atom. The van der Waals surface area contributed by atoms with E-state index in [2.05, 4.69) is 0 Å². The van der Waals surface area contributed by atoms with Gasteiger partial charge in [0, 0.05) is 38.5 Å². The summed E-state index contributed by atoms with van der Waals surface area (Å²) >= 11 is 0. The first kappa shape index (κ1) is 18.7. The number of benzene rings is 1. The van der Waals surface area contributed by atoms with Crippen LogP contribution in [0.2, 0.25) is 0 Å². The zero-order valence-electron chi connectivity index (χ0n) is 15.4. The van der Waals surface area contributed by atoms with Crippen molar-refractivity contribution in [1.29, 1.82) is 0 Å². The van der Waals surface area contributed by atoms with Crippen molar-refractivity contribution in [3.63, 3.8) is 0 Å². The lowest BCUT2D eigenvalue weighted by Gasteiger charge is -2.36. The third-order valence-corrected chi connectivity index (χ3v) is 5.49. The van der Waals surface area contributed by atoms with E-state index in [1.165, 1.54) is 13.2 Å². The molecule has 2 fully saturated rings. The van der Waals surface area contributed by atoms with Crippen LogP contribution in [0, 0.1) is 11.7 Å². The molecule has 0 spiro atoms.